The topological polar surface area (TPSA) is 94.8 Å². The van der Waals surface area contributed by atoms with E-state index in [1.165, 1.54) is 6.92 Å². The number of rotatable bonds is 3. The summed E-state index contributed by atoms with van der Waals surface area (Å²) in [7, 11) is 0. The second-order valence-corrected chi connectivity index (χ2v) is 6.51. The Morgan fingerprint density at radius 3 is 2.92 bits per heavy atom. The highest BCUT2D eigenvalue weighted by Crippen LogP contribution is 2.44. The lowest BCUT2D eigenvalue weighted by Crippen LogP contribution is -2.19. The van der Waals surface area contributed by atoms with Crippen molar-refractivity contribution in [1.29, 1.82) is 0 Å². The lowest BCUT2D eigenvalue weighted by molar-refractivity contribution is -0.194. The third-order valence-electron chi connectivity index (χ3n) is 3.69. The normalized spacial score (nSPS) is 17.1. The van der Waals surface area contributed by atoms with Crippen LogP contribution in [0.5, 0.6) is 5.75 Å². The maximum absolute atomic E-state index is 11.6. The molecule has 2 aliphatic heterocycles. The van der Waals surface area contributed by atoms with Gasteiger partial charge in [-0.05, 0) is 23.6 Å². The van der Waals surface area contributed by atoms with Crippen LogP contribution in [0.2, 0.25) is 0 Å². The van der Waals surface area contributed by atoms with E-state index >= 15 is 0 Å². The minimum atomic E-state index is -0.333. The molecule has 4 rings (SSSR count). The second-order valence-electron chi connectivity index (χ2n) is 5.52. The van der Waals surface area contributed by atoms with E-state index in [1.54, 1.807) is 18.0 Å². The van der Waals surface area contributed by atoms with Crippen LogP contribution in [-0.4, -0.2) is 17.2 Å². The second kappa shape index (κ2) is 8.03. The van der Waals surface area contributed by atoms with E-state index in [9.17, 15) is 9.59 Å². The van der Waals surface area contributed by atoms with Crippen LogP contribution in [-0.2, 0) is 16.3 Å². The van der Waals surface area contributed by atoms with Crippen molar-refractivity contribution in [3.8, 4) is 5.75 Å². The highest BCUT2D eigenvalue weighted by Gasteiger charge is 2.28. The van der Waals surface area contributed by atoms with Crippen LogP contribution in [0.4, 0.5) is 5.69 Å². The first-order chi connectivity index (χ1) is 12.6. The third kappa shape index (κ3) is 3.71. The van der Waals surface area contributed by atoms with Crippen molar-refractivity contribution in [2.45, 2.75) is 18.9 Å². The van der Waals surface area contributed by atoms with Crippen molar-refractivity contribution in [2.24, 2.45) is 5.73 Å². The van der Waals surface area contributed by atoms with Crippen molar-refractivity contribution in [3.63, 3.8) is 0 Å². The first-order valence-corrected chi connectivity index (χ1v) is 8.73. The number of nitrogens with zero attached hydrogens (tertiary/aromatic N) is 2. The van der Waals surface area contributed by atoms with Crippen LogP contribution in [0.25, 0.3) is 0 Å². The van der Waals surface area contributed by atoms with E-state index in [0.29, 0.717) is 17.9 Å². The molecule has 2 aliphatic rings. The van der Waals surface area contributed by atoms with Gasteiger partial charge in [-0.3, -0.25) is 14.6 Å². The minimum absolute atomic E-state index is 0.0636. The van der Waals surface area contributed by atoms with Crippen molar-refractivity contribution in [2.75, 3.05) is 4.90 Å². The zero-order valence-corrected chi connectivity index (χ0v) is 14.8. The van der Waals surface area contributed by atoms with E-state index in [-0.39, 0.29) is 11.3 Å². The number of amides is 1. The average molecular weight is 371 g/mol. The molecule has 2 N–H and O–H groups in total. The summed E-state index contributed by atoms with van der Waals surface area (Å²) in [6, 6.07) is 7.67. The number of aromatic nitrogens is 1. The van der Waals surface area contributed by atoms with Crippen LogP contribution in [0.1, 0.15) is 33.8 Å². The number of benzene rings is 1. The molecule has 1 aromatic heterocycles. The van der Waals surface area contributed by atoms with Crippen LogP contribution in [0, 0.1) is 0 Å². The lowest BCUT2D eigenvalue weighted by Gasteiger charge is -2.26. The van der Waals surface area contributed by atoms with Crippen LogP contribution >= 0.6 is 11.8 Å². The molecule has 8 heteroatoms. The molecule has 0 fully saturated rings. The quantitative estimate of drug-likeness (QED) is 0.655. The van der Waals surface area contributed by atoms with Gasteiger partial charge >= 0.3 is 0 Å². The van der Waals surface area contributed by atoms with Gasteiger partial charge in [-0.2, -0.15) is 4.89 Å². The molecule has 0 spiro atoms. The molecule has 7 nitrogen and oxygen atoms in total. The van der Waals surface area contributed by atoms with Gasteiger partial charge in [0.05, 0.1) is 5.69 Å². The number of primary amides is 1. The fourth-order valence-corrected chi connectivity index (χ4v) is 3.62. The number of aldehydes is 1. The average Bonchev–Trinajstić information content (AvgIpc) is 3.30. The van der Waals surface area contributed by atoms with E-state index < -0.39 is 0 Å². The molecule has 2 aromatic rings. The van der Waals surface area contributed by atoms with Gasteiger partial charge in [-0.15, -0.1) is 11.8 Å². The summed E-state index contributed by atoms with van der Waals surface area (Å²) in [5.74, 6) is 0.277. The van der Waals surface area contributed by atoms with Crippen molar-refractivity contribution < 1.29 is 19.4 Å². The predicted octanol–water partition coefficient (Wildman–Crippen LogP) is 2.93. The van der Waals surface area contributed by atoms with Gasteiger partial charge in [-0.1, -0.05) is 6.07 Å². The van der Waals surface area contributed by atoms with Gasteiger partial charge in [0.2, 0.25) is 5.91 Å². The molecular weight excluding hydrogens is 354 g/mol. The summed E-state index contributed by atoms with van der Waals surface area (Å²) in [5.41, 5.74) is 7.80. The Hall–Kier alpha value is -2.84. The number of thioether (sulfide) groups is 1. The standard InChI is InChI=1S/C16H12N2O3S.C2H5NO/c19-9-12-13-10-20-21-15(13)4-3-14(12)18-6-7-22-16(18)11-2-1-5-17-8-11;1-2(3)4/h1-9,16H,10H2;1H3,(H2,3,4). The Morgan fingerprint density at radius 2 is 2.23 bits per heavy atom. The van der Waals surface area contributed by atoms with Crippen LogP contribution in [0.3, 0.4) is 0 Å². The summed E-state index contributed by atoms with van der Waals surface area (Å²) in [6.07, 6.45) is 6.44. The molecule has 0 radical (unpaired) electrons. The van der Waals surface area contributed by atoms with Crippen molar-refractivity contribution in [3.05, 3.63) is 65.0 Å². The van der Waals surface area contributed by atoms with E-state index in [1.807, 2.05) is 42.1 Å². The van der Waals surface area contributed by atoms with Gasteiger partial charge in [-0.25, -0.2) is 0 Å². The highest BCUT2D eigenvalue weighted by atomic mass is 32.2. The van der Waals surface area contributed by atoms with Gasteiger partial charge in [0, 0.05) is 42.2 Å². The molecule has 0 saturated heterocycles. The Bertz CT molecular complexity index is 838. The molecule has 0 bridgehead atoms. The summed E-state index contributed by atoms with van der Waals surface area (Å²) in [5, 5.41) is 2.08. The number of carbonyl (C=O) groups is 2. The van der Waals surface area contributed by atoms with E-state index in [2.05, 4.69) is 15.6 Å². The van der Waals surface area contributed by atoms with Crippen molar-refractivity contribution in [1.82, 2.24) is 4.98 Å². The fraction of sp³-hybridized carbons (Fsp3) is 0.167. The van der Waals surface area contributed by atoms with Gasteiger partial charge in [0.1, 0.15) is 12.0 Å². The van der Waals surface area contributed by atoms with Crippen molar-refractivity contribution >= 4 is 29.6 Å². The monoisotopic (exact) mass is 371 g/mol. The predicted molar refractivity (Wildman–Crippen MR) is 98.3 cm³/mol. The Labute approximate surface area is 154 Å². The maximum Gasteiger partial charge on any atom is 0.214 e. The number of pyridine rings is 1. The molecule has 3 heterocycles. The number of carbonyl (C=O) groups excluding carboxylic acids is 2. The van der Waals surface area contributed by atoms with Crippen LogP contribution < -0.4 is 15.5 Å². The minimum Gasteiger partial charge on any atom is -0.370 e. The number of nitrogens with two attached hydrogens (primary N) is 1. The van der Waals surface area contributed by atoms with E-state index in [4.69, 9.17) is 9.78 Å². The number of anilines is 1. The molecule has 0 saturated carbocycles. The molecule has 1 atom stereocenters. The van der Waals surface area contributed by atoms with Crippen LogP contribution in [0.15, 0.2) is 48.3 Å². The Morgan fingerprint density at radius 1 is 1.42 bits per heavy atom. The summed E-state index contributed by atoms with van der Waals surface area (Å²) >= 11 is 1.68. The number of fused-ring (bicyclic) bond motifs is 1. The zero-order valence-electron chi connectivity index (χ0n) is 14.0. The fourth-order valence-electron chi connectivity index (χ4n) is 2.65. The largest absolute Gasteiger partial charge is 0.370 e. The highest BCUT2D eigenvalue weighted by molar-refractivity contribution is 8.02. The lowest BCUT2D eigenvalue weighted by atomic mass is 10.0. The number of hydrogen-bond acceptors (Lipinski definition) is 7. The molecule has 26 heavy (non-hydrogen) atoms. The van der Waals surface area contributed by atoms with Gasteiger partial charge in [0.15, 0.2) is 12.0 Å². The molecule has 134 valence electrons. The smallest absolute Gasteiger partial charge is 0.214 e. The SMILES string of the molecule is CC(N)=O.O=Cc1c(N2C=CSC2c2cccnc2)ccc2c1COO2. The Balaban J connectivity index is 0.000000447. The molecule has 1 unspecified atom stereocenters. The molecule has 1 amide bonds. The summed E-state index contributed by atoms with van der Waals surface area (Å²) in [6.45, 7) is 1.60. The first kappa shape index (κ1) is 18.0. The summed E-state index contributed by atoms with van der Waals surface area (Å²) in [4.78, 5) is 37.1. The summed E-state index contributed by atoms with van der Waals surface area (Å²) < 4.78 is 0. The first-order valence-electron chi connectivity index (χ1n) is 7.78. The number of hydrogen-bond donors (Lipinski definition) is 1. The van der Waals surface area contributed by atoms with E-state index in [0.717, 1.165) is 23.1 Å². The third-order valence-corrected chi connectivity index (χ3v) is 4.73. The van der Waals surface area contributed by atoms with Gasteiger partial charge < -0.3 is 15.5 Å². The Kier molecular flexibility index (Phi) is 5.55. The molecule has 1 aromatic carbocycles. The maximum atomic E-state index is 11.6. The molecule has 0 aliphatic carbocycles. The molecular formula is C18H17N3O4S. The van der Waals surface area contributed by atoms with Gasteiger partial charge in [0.25, 0.3) is 0 Å². The zero-order chi connectivity index (χ0) is 18.5.